The smallest absolute Gasteiger partial charge is 0.335 e. The lowest BCUT2D eigenvalue weighted by atomic mass is 9.91. The summed E-state index contributed by atoms with van der Waals surface area (Å²) in [5.74, 6) is -0.469. The topological polar surface area (TPSA) is 93.9 Å². The predicted octanol–water partition coefficient (Wildman–Crippen LogP) is 0.551. The van der Waals surface area contributed by atoms with Gasteiger partial charge in [0.2, 0.25) is 0 Å². The molecule has 1 aromatic heterocycles. The van der Waals surface area contributed by atoms with Crippen molar-refractivity contribution >= 4 is 11.8 Å². The van der Waals surface area contributed by atoms with Crippen LogP contribution in [0.15, 0.2) is 18.2 Å². The van der Waals surface area contributed by atoms with E-state index in [1.165, 1.54) is 0 Å². The molecule has 1 aliphatic rings. The highest BCUT2D eigenvalue weighted by atomic mass is 16.4. The molecule has 1 saturated heterocycles. The summed E-state index contributed by atoms with van der Waals surface area (Å²) < 4.78 is 0. The van der Waals surface area contributed by atoms with Crippen molar-refractivity contribution in [1.29, 1.82) is 0 Å². The van der Waals surface area contributed by atoms with Crippen molar-refractivity contribution in [3.05, 3.63) is 23.9 Å². The largest absolute Gasteiger partial charge is 0.479 e. The van der Waals surface area contributed by atoms with E-state index in [2.05, 4.69) is 4.98 Å². The van der Waals surface area contributed by atoms with Crippen molar-refractivity contribution in [2.24, 2.45) is 0 Å². The van der Waals surface area contributed by atoms with Gasteiger partial charge in [-0.15, -0.1) is 0 Å². The summed E-state index contributed by atoms with van der Waals surface area (Å²) in [5.41, 5.74) is -1.05. The second-order valence-electron chi connectivity index (χ2n) is 4.92. The van der Waals surface area contributed by atoms with Gasteiger partial charge in [0, 0.05) is 25.9 Å². The van der Waals surface area contributed by atoms with E-state index in [0.29, 0.717) is 24.6 Å². The SMILES string of the molecule is C[C@H](O)c1cccc(N2CCC(O)(C(=O)O)CC2)n1. The number of nitrogens with zero attached hydrogens (tertiary/aromatic N) is 2. The lowest BCUT2D eigenvalue weighted by molar-refractivity contribution is -0.160. The van der Waals surface area contributed by atoms with Crippen molar-refractivity contribution in [3.63, 3.8) is 0 Å². The first-order valence-corrected chi connectivity index (χ1v) is 6.28. The van der Waals surface area contributed by atoms with Crippen molar-refractivity contribution in [3.8, 4) is 0 Å². The van der Waals surface area contributed by atoms with Gasteiger partial charge in [-0.25, -0.2) is 9.78 Å². The van der Waals surface area contributed by atoms with E-state index in [4.69, 9.17) is 5.11 Å². The number of carboxylic acids is 1. The average Bonchev–Trinajstić information content (AvgIpc) is 2.39. The van der Waals surface area contributed by atoms with Crippen LogP contribution in [0.5, 0.6) is 0 Å². The summed E-state index contributed by atoms with van der Waals surface area (Å²) in [7, 11) is 0. The number of aliphatic carboxylic acids is 1. The molecule has 19 heavy (non-hydrogen) atoms. The molecule has 6 heteroatoms. The number of aliphatic hydroxyl groups excluding tert-OH is 1. The molecule has 104 valence electrons. The van der Waals surface area contributed by atoms with Crippen molar-refractivity contribution in [2.75, 3.05) is 18.0 Å². The van der Waals surface area contributed by atoms with E-state index in [0.717, 1.165) is 0 Å². The maximum Gasteiger partial charge on any atom is 0.335 e. The number of carboxylic acid groups (broad SMARTS) is 1. The lowest BCUT2D eigenvalue weighted by Crippen LogP contribution is -2.49. The highest BCUT2D eigenvalue weighted by molar-refractivity contribution is 5.77. The predicted molar refractivity (Wildman–Crippen MR) is 68.9 cm³/mol. The van der Waals surface area contributed by atoms with Crippen LogP contribution in [-0.4, -0.2) is 45.0 Å². The Morgan fingerprint density at radius 3 is 2.58 bits per heavy atom. The molecule has 0 radical (unpaired) electrons. The number of carbonyl (C=O) groups is 1. The van der Waals surface area contributed by atoms with Crippen LogP contribution in [0, 0.1) is 0 Å². The molecule has 0 unspecified atom stereocenters. The minimum absolute atomic E-state index is 0.170. The molecule has 1 atom stereocenters. The number of rotatable bonds is 3. The highest BCUT2D eigenvalue weighted by Crippen LogP contribution is 2.26. The number of pyridine rings is 1. The normalized spacial score (nSPS) is 20.1. The van der Waals surface area contributed by atoms with E-state index in [1.807, 2.05) is 17.0 Å². The number of aliphatic hydroxyl groups is 2. The Balaban J connectivity index is 2.09. The molecule has 0 saturated carbocycles. The monoisotopic (exact) mass is 266 g/mol. The molecule has 0 aliphatic carbocycles. The minimum Gasteiger partial charge on any atom is -0.479 e. The molecule has 1 aliphatic heterocycles. The average molecular weight is 266 g/mol. The summed E-state index contributed by atoms with van der Waals surface area (Å²) >= 11 is 0. The Bertz CT molecular complexity index is 467. The Hall–Kier alpha value is -1.66. The molecular weight excluding hydrogens is 248 g/mol. The molecule has 0 amide bonds. The fourth-order valence-corrected chi connectivity index (χ4v) is 2.17. The van der Waals surface area contributed by atoms with E-state index in [1.54, 1.807) is 13.0 Å². The minimum atomic E-state index is -1.63. The summed E-state index contributed by atoms with van der Waals surface area (Å²) in [5, 5.41) is 28.3. The molecule has 1 aromatic rings. The number of aromatic nitrogens is 1. The molecule has 2 rings (SSSR count). The van der Waals surface area contributed by atoms with Crippen molar-refractivity contribution < 1.29 is 20.1 Å². The van der Waals surface area contributed by atoms with Crippen LogP contribution < -0.4 is 4.90 Å². The highest BCUT2D eigenvalue weighted by Gasteiger charge is 2.39. The van der Waals surface area contributed by atoms with Gasteiger partial charge in [-0.1, -0.05) is 6.07 Å². The maximum absolute atomic E-state index is 10.9. The van der Waals surface area contributed by atoms with Crippen LogP contribution in [0.3, 0.4) is 0 Å². The van der Waals surface area contributed by atoms with Crippen LogP contribution in [0.4, 0.5) is 5.82 Å². The Labute approximate surface area is 111 Å². The number of anilines is 1. The Morgan fingerprint density at radius 2 is 2.05 bits per heavy atom. The first-order valence-electron chi connectivity index (χ1n) is 6.28. The summed E-state index contributed by atoms with van der Waals surface area (Å²) in [6.45, 7) is 2.50. The van der Waals surface area contributed by atoms with Crippen LogP contribution >= 0.6 is 0 Å². The first-order chi connectivity index (χ1) is 8.92. The third-order valence-corrected chi connectivity index (χ3v) is 3.50. The summed E-state index contributed by atoms with van der Waals surface area (Å²) in [6.07, 6.45) is -0.299. The molecule has 6 nitrogen and oxygen atoms in total. The van der Waals surface area contributed by atoms with E-state index in [-0.39, 0.29) is 12.8 Å². The quantitative estimate of drug-likeness (QED) is 0.739. The van der Waals surface area contributed by atoms with Gasteiger partial charge < -0.3 is 20.2 Å². The van der Waals surface area contributed by atoms with Crippen LogP contribution in [-0.2, 0) is 4.79 Å². The fraction of sp³-hybridized carbons (Fsp3) is 0.538. The van der Waals surface area contributed by atoms with Gasteiger partial charge in [-0.3, -0.25) is 0 Å². The third-order valence-electron chi connectivity index (χ3n) is 3.50. The maximum atomic E-state index is 10.9. The molecular formula is C13H18N2O4. The van der Waals surface area contributed by atoms with Gasteiger partial charge in [-0.2, -0.15) is 0 Å². The van der Waals surface area contributed by atoms with Crippen LogP contribution in [0.25, 0.3) is 0 Å². The van der Waals surface area contributed by atoms with Gasteiger partial charge in [-0.05, 0) is 19.1 Å². The molecule has 0 bridgehead atoms. The van der Waals surface area contributed by atoms with Gasteiger partial charge in [0.25, 0.3) is 0 Å². The zero-order valence-electron chi connectivity index (χ0n) is 10.8. The standard InChI is InChI=1S/C13H18N2O4/c1-9(16)10-3-2-4-11(14-10)15-7-5-13(19,6-8-15)12(17)18/h2-4,9,16,19H,5-8H2,1H3,(H,17,18)/t9-/m0/s1. The number of hydrogen-bond acceptors (Lipinski definition) is 5. The first kappa shape index (κ1) is 13.8. The van der Waals surface area contributed by atoms with Gasteiger partial charge in [0.1, 0.15) is 5.82 Å². The van der Waals surface area contributed by atoms with E-state index >= 15 is 0 Å². The fourth-order valence-electron chi connectivity index (χ4n) is 2.17. The van der Waals surface area contributed by atoms with E-state index < -0.39 is 17.7 Å². The second-order valence-corrected chi connectivity index (χ2v) is 4.92. The van der Waals surface area contributed by atoms with Gasteiger partial charge in [0.05, 0.1) is 11.8 Å². The van der Waals surface area contributed by atoms with Gasteiger partial charge >= 0.3 is 5.97 Å². The molecule has 0 spiro atoms. The lowest BCUT2D eigenvalue weighted by Gasteiger charge is -2.36. The van der Waals surface area contributed by atoms with Crippen molar-refractivity contribution in [2.45, 2.75) is 31.5 Å². The Morgan fingerprint density at radius 1 is 1.42 bits per heavy atom. The van der Waals surface area contributed by atoms with Crippen molar-refractivity contribution in [1.82, 2.24) is 4.98 Å². The third kappa shape index (κ3) is 2.85. The molecule has 1 fully saturated rings. The number of hydrogen-bond donors (Lipinski definition) is 3. The molecule has 0 aromatic carbocycles. The van der Waals surface area contributed by atoms with E-state index in [9.17, 15) is 15.0 Å². The summed E-state index contributed by atoms with van der Waals surface area (Å²) in [4.78, 5) is 17.2. The van der Waals surface area contributed by atoms with Crippen LogP contribution in [0.1, 0.15) is 31.6 Å². The van der Waals surface area contributed by atoms with Gasteiger partial charge in [0.15, 0.2) is 5.60 Å². The van der Waals surface area contributed by atoms with Crippen LogP contribution in [0.2, 0.25) is 0 Å². The number of piperidine rings is 1. The summed E-state index contributed by atoms with van der Waals surface area (Å²) in [6, 6.07) is 5.37. The second kappa shape index (κ2) is 5.14. The zero-order chi connectivity index (χ0) is 14.0. The molecule has 2 heterocycles. The zero-order valence-corrected chi connectivity index (χ0v) is 10.8. The Kier molecular flexibility index (Phi) is 3.73. The molecule has 3 N–H and O–H groups in total.